The molecule has 0 fully saturated rings. The van der Waals surface area contributed by atoms with Gasteiger partial charge in [-0.3, -0.25) is 9.59 Å². The second kappa shape index (κ2) is 9.62. The molecule has 0 bridgehead atoms. The molecule has 132 valence electrons. The molecule has 2 aromatic carbocycles. The molecule has 0 aliphatic heterocycles. The Morgan fingerprint density at radius 1 is 0.731 bits per heavy atom. The maximum Gasteiger partial charge on any atom is 0.198 e. The van der Waals surface area contributed by atoms with Crippen molar-refractivity contribution in [2.75, 3.05) is 0 Å². The third kappa shape index (κ3) is 5.89. The zero-order chi connectivity index (χ0) is 18.4. The van der Waals surface area contributed by atoms with E-state index in [-0.39, 0.29) is 10.2 Å². The average Bonchev–Trinajstić information content (AvgIpc) is 2.95. The van der Waals surface area contributed by atoms with Crippen LogP contribution in [0.25, 0.3) is 0 Å². The van der Waals surface area contributed by atoms with Crippen LogP contribution in [0.1, 0.15) is 11.1 Å². The first-order valence-electron chi connectivity index (χ1n) is 7.73. The van der Waals surface area contributed by atoms with Gasteiger partial charge in [0.15, 0.2) is 10.2 Å². The zero-order valence-electron chi connectivity index (χ0n) is 13.5. The monoisotopic (exact) mass is 434 g/mol. The second-order valence-electron chi connectivity index (χ2n) is 5.30. The molecule has 26 heavy (non-hydrogen) atoms. The molecule has 3 rings (SSSR count). The Balaban J connectivity index is 1.65. The van der Waals surface area contributed by atoms with Gasteiger partial charge in [0.1, 0.15) is 3.14 Å². The molecule has 3 aromatic rings. The predicted molar refractivity (Wildman–Crippen MR) is 115 cm³/mol. The summed E-state index contributed by atoms with van der Waals surface area (Å²) >= 11 is 10.5. The van der Waals surface area contributed by atoms with Crippen molar-refractivity contribution in [3.8, 4) is 0 Å². The lowest BCUT2D eigenvalue weighted by molar-refractivity contribution is -0.111. The highest BCUT2D eigenvalue weighted by Crippen LogP contribution is 2.41. The van der Waals surface area contributed by atoms with Gasteiger partial charge < -0.3 is 0 Å². The van der Waals surface area contributed by atoms with Gasteiger partial charge in [0.05, 0.1) is 8.42 Å². The van der Waals surface area contributed by atoms with Gasteiger partial charge in [-0.05, 0) is 34.7 Å². The summed E-state index contributed by atoms with van der Waals surface area (Å²) < 4.78 is 2.38. The minimum Gasteiger partial charge on any atom is -0.286 e. The molecule has 7 heteroatoms. The van der Waals surface area contributed by atoms with Crippen molar-refractivity contribution in [1.82, 2.24) is 0 Å². The molecule has 0 N–H and O–H groups in total. The van der Waals surface area contributed by atoms with Gasteiger partial charge in [-0.2, -0.15) is 0 Å². The molecule has 0 spiro atoms. The van der Waals surface area contributed by atoms with E-state index in [1.54, 1.807) is 0 Å². The fourth-order valence-corrected chi connectivity index (χ4v) is 7.90. The minimum absolute atomic E-state index is 0.0533. The van der Waals surface area contributed by atoms with Crippen LogP contribution in [-0.4, -0.2) is 10.2 Å². The van der Waals surface area contributed by atoms with E-state index in [1.807, 2.05) is 60.7 Å². The van der Waals surface area contributed by atoms with Crippen LogP contribution in [0.15, 0.2) is 69.1 Å². The maximum atomic E-state index is 12.4. The molecule has 0 amide bonds. The quantitative estimate of drug-likeness (QED) is 0.338. The molecule has 2 nitrogen and oxygen atoms in total. The lowest BCUT2D eigenvalue weighted by atomic mass is 10.2. The van der Waals surface area contributed by atoms with Crippen LogP contribution >= 0.6 is 58.4 Å². The number of hydrogen-bond donors (Lipinski definition) is 0. The third-order valence-corrected chi connectivity index (χ3v) is 8.47. The van der Waals surface area contributed by atoms with Gasteiger partial charge in [0.25, 0.3) is 0 Å². The summed E-state index contributed by atoms with van der Waals surface area (Å²) in [6, 6.07) is 19.3. The first-order valence-corrected chi connectivity index (χ1v) is 11.4. The maximum absolute atomic E-state index is 12.4. The van der Waals surface area contributed by atoms with Crippen molar-refractivity contribution in [3.63, 3.8) is 0 Å². The first-order chi connectivity index (χ1) is 12.6. The van der Waals surface area contributed by atoms with Gasteiger partial charge in [-0.25, -0.2) is 0 Å². The first kappa shape index (κ1) is 19.5. The van der Waals surface area contributed by atoms with Crippen molar-refractivity contribution >= 4 is 68.6 Å². The fourth-order valence-electron chi connectivity index (χ4n) is 2.18. The predicted octanol–water partition coefficient (Wildman–Crippen LogP) is 6.26. The van der Waals surface area contributed by atoms with E-state index in [0.717, 1.165) is 22.7 Å². The van der Waals surface area contributed by atoms with E-state index in [0.29, 0.717) is 12.8 Å². The van der Waals surface area contributed by atoms with E-state index < -0.39 is 0 Å². The van der Waals surface area contributed by atoms with Gasteiger partial charge in [0, 0.05) is 12.8 Å². The second-order valence-corrected chi connectivity index (χ2v) is 11.2. The van der Waals surface area contributed by atoms with Crippen molar-refractivity contribution in [2.45, 2.75) is 21.3 Å². The summed E-state index contributed by atoms with van der Waals surface area (Å²) in [6.07, 6.45) is 0.728. The van der Waals surface area contributed by atoms with Crippen LogP contribution in [0, 0.1) is 3.14 Å². The molecule has 0 saturated heterocycles. The third-order valence-electron chi connectivity index (χ3n) is 3.31. The smallest absolute Gasteiger partial charge is 0.198 e. The van der Waals surface area contributed by atoms with Crippen molar-refractivity contribution < 1.29 is 9.59 Å². The average molecular weight is 435 g/mol. The number of thioether (sulfide) groups is 2. The molecule has 0 saturated carbocycles. The van der Waals surface area contributed by atoms with Gasteiger partial charge >= 0.3 is 0 Å². The fraction of sp³-hybridized carbons (Fsp3) is 0.105. The molecular weight excluding hydrogens is 421 g/mol. The summed E-state index contributed by atoms with van der Waals surface area (Å²) in [4.78, 5) is 24.7. The van der Waals surface area contributed by atoms with E-state index >= 15 is 0 Å². The summed E-state index contributed by atoms with van der Waals surface area (Å²) in [6.45, 7) is 0. The van der Waals surface area contributed by atoms with Crippen molar-refractivity contribution in [3.05, 3.63) is 74.9 Å². The van der Waals surface area contributed by atoms with Crippen LogP contribution in [0.4, 0.5) is 0 Å². The summed E-state index contributed by atoms with van der Waals surface area (Å²) in [5.41, 5.74) is 1.97. The molecule has 1 heterocycles. The summed E-state index contributed by atoms with van der Waals surface area (Å²) in [5.74, 6) is 0. The minimum atomic E-state index is 0.0533. The molecule has 1 aromatic heterocycles. The standard InChI is InChI=1S/C19H14O2S5/c20-15(11-13-7-3-1-4-8-13)23-17-18(26-19(22)25-17)24-16(21)12-14-9-5-2-6-10-14/h1-10H,11-12H2. The lowest BCUT2D eigenvalue weighted by Gasteiger charge is -2.03. The molecule has 0 unspecified atom stereocenters. The molecular formula is C19H14O2S5. The van der Waals surface area contributed by atoms with Crippen LogP contribution in [0.5, 0.6) is 0 Å². The van der Waals surface area contributed by atoms with Crippen LogP contribution < -0.4 is 0 Å². The Hall–Kier alpha value is -1.25. The summed E-state index contributed by atoms with van der Waals surface area (Å²) in [5, 5.41) is 0.107. The number of hydrogen-bond acceptors (Lipinski definition) is 7. The van der Waals surface area contributed by atoms with E-state index in [9.17, 15) is 9.59 Å². The van der Waals surface area contributed by atoms with Crippen molar-refractivity contribution in [2.24, 2.45) is 0 Å². The van der Waals surface area contributed by atoms with Crippen LogP contribution in [-0.2, 0) is 22.4 Å². The highest BCUT2D eigenvalue weighted by molar-refractivity contribution is 8.18. The Bertz CT molecular complexity index is 869. The van der Waals surface area contributed by atoms with Crippen LogP contribution in [0.2, 0.25) is 0 Å². The molecule has 0 aliphatic carbocycles. The number of carbonyl (C=O) groups excluding carboxylic acids is 2. The Labute approximate surface area is 173 Å². The Morgan fingerprint density at radius 2 is 1.12 bits per heavy atom. The number of benzene rings is 2. The largest absolute Gasteiger partial charge is 0.286 e. The zero-order valence-corrected chi connectivity index (χ0v) is 17.6. The number of carbonyl (C=O) groups is 2. The molecule has 0 atom stereocenters. The summed E-state index contributed by atoms with van der Waals surface area (Å²) in [7, 11) is 0. The Morgan fingerprint density at radius 3 is 1.50 bits per heavy atom. The Kier molecular flexibility index (Phi) is 7.22. The highest BCUT2D eigenvalue weighted by atomic mass is 32.2. The van der Waals surface area contributed by atoms with Gasteiger partial charge in [0.2, 0.25) is 0 Å². The molecule has 0 radical (unpaired) electrons. The van der Waals surface area contributed by atoms with Gasteiger partial charge in [-0.1, -0.05) is 72.9 Å². The molecule has 0 aliphatic rings. The van der Waals surface area contributed by atoms with E-state index in [1.165, 1.54) is 46.2 Å². The SMILES string of the molecule is O=C(Cc1ccccc1)Sc1sc(=S)sc1SC(=O)Cc1ccccc1. The number of rotatable bonds is 6. The van der Waals surface area contributed by atoms with Crippen molar-refractivity contribution in [1.29, 1.82) is 0 Å². The lowest BCUT2D eigenvalue weighted by Crippen LogP contribution is -1.98. The van der Waals surface area contributed by atoms with E-state index in [2.05, 4.69) is 0 Å². The normalized spacial score (nSPS) is 10.6. The topological polar surface area (TPSA) is 34.1 Å². The van der Waals surface area contributed by atoms with Gasteiger partial charge in [-0.15, -0.1) is 22.7 Å². The van der Waals surface area contributed by atoms with E-state index in [4.69, 9.17) is 12.2 Å². The van der Waals surface area contributed by atoms with Crippen LogP contribution in [0.3, 0.4) is 0 Å². The highest BCUT2D eigenvalue weighted by Gasteiger charge is 2.17.